The second-order valence-corrected chi connectivity index (χ2v) is 4.25. The second-order valence-electron chi connectivity index (χ2n) is 3.86. The minimum Gasteiger partial charge on any atom is -0.307 e. The Morgan fingerprint density at radius 2 is 2.10 bits per heavy atom. The van der Waals surface area contributed by atoms with Crippen LogP contribution in [0.15, 0.2) is 42.7 Å². The molecule has 0 unspecified atom stereocenters. The van der Waals surface area contributed by atoms with E-state index >= 15 is 0 Å². The minimum atomic E-state index is -0.512. The highest BCUT2D eigenvalue weighted by Crippen LogP contribution is 2.19. The Kier molecular flexibility index (Phi) is 4.57. The number of hydrogen-bond donors (Lipinski definition) is 1. The van der Waals surface area contributed by atoms with Gasteiger partial charge in [-0.15, -0.1) is 0 Å². The van der Waals surface area contributed by atoms with Gasteiger partial charge in [0.15, 0.2) is 0 Å². The van der Waals surface area contributed by atoms with Gasteiger partial charge in [-0.25, -0.2) is 9.97 Å². The quantitative estimate of drug-likeness (QED) is 0.405. The summed E-state index contributed by atoms with van der Waals surface area (Å²) in [5.41, 5.74) is 0.255. The Balaban J connectivity index is 2.11. The first-order chi connectivity index (χ1) is 10.1. The number of halogens is 1. The molecule has 1 aromatic carbocycles. The predicted molar refractivity (Wildman–Crippen MR) is 77.8 cm³/mol. The fraction of sp³-hybridized carbons (Fsp3) is 0. The van der Waals surface area contributed by atoms with Crippen LogP contribution in [0.25, 0.3) is 6.08 Å². The van der Waals surface area contributed by atoms with E-state index in [9.17, 15) is 14.9 Å². The van der Waals surface area contributed by atoms with Crippen molar-refractivity contribution in [3.05, 3.63) is 63.6 Å². The number of nitrogens with one attached hydrogen (secondary N) is 1. The molecule has 2 aromatic rings. The van der Waals surface area contributed by atoms with Gasteiger partial charge in [0, 0.05) is 18.2 Å². The Hall–Kier alpha value is -2.80. The maximum absolute atomic E-state index is 11.7. The molecule has 0 atom stereocenters. The summed E-state index contributed by atoms with van der Waals surface area (Å²) in [5.74, 6) is -0.241. The number of anilines is 1. The zero-order chi connectivity index (χ0) is 15.2. The molecule has 0 aliphatic rings. The summed E-state index contributed by atoms with van der Waals surface area (Å²) in [6.07, 6.45) is 3.75. The third kappa shape index (κ3) is 4.08. The smallest absolute Gasteiger partial charge is 0.276 e. The number of hydrogen-bond acceptors (Lipinski definition) is 5. The SMILES string of the molecule is O=C(/C=C/c1ccccc1[N+](=O)[O-])Nc1cc(Cl)ncn1. The Bertz CT molecular complexity index is 718. The van der Waals surface area contributed by atoms with Crippen LogP contribution < -0.4 is 5.32 Å². The maximum Gasteiger partial charge on any atom is 0.276 e. The van der Waals surface area contributed by atoms with Crippen molar-refractivity contribution in [1.29, 1.82) is 0 Å². The van der Waals surface area contributed by atoms with Crippen molar-refractivity contribution in [2.45, 2.75) is 0 Å². The van der Waals surface area contributed by atoms with Crippen molar-refractivity contribution >= 4 is 35.1 Å². The van der Waals surface area contributed by atoms with Gasteiger partial charge in [-0.2, -0.15) is 0 Å². The normalized spacial score (nSPS) is 10.5. The minimum absolute atomic E-state index is 0.0772. The van der Waals surface area contributed by atoms with Gasteiger partial charge in [0.2, 0.25) is 5.91 Å². The molecular weight excluding hydrogens is 296 g/mol. The van der Waals surface area contributed by atoms with Gasteiger partial charge in [-0.1, -0.05) is 23.7 Å². The van der Waals surface area contributed by atoms with Gasteiger partial charge >= 0.3 is 0 Å². The van der Waals surface area contributed by atoms with Gasteiger partial charge in [0.05, 0.1) is 10.5 Å². The number of benzene rings is 1. The molecule has 0 fully saturated rings. The van der Waals surface area contributed by atoms with Crippen LogP contribution in [0, 0.1) is 10.1 Å². The number of nitro groups is 1. The summed E-state index contributed by atoms with van der Waals surface area (Å²) in [5, 5.41) is 13.5. The number of para-hydroxylation sites is 1. The number of amides is 1. The van der Waals surface area contributed by atoms with Crippen molar-refractivity contribution in [2.24, 2.45) is 0 Å². The van der Waals surface area contributed by atoms with Crippen molar-refractivity contribution in [2.75, 3.05) is 5.32 Å². The molecule has 1 heterocycles. The lowest BCUT2D eigenvalue weighted by Crippen LogP contribution is -2.09. The molecule has 0 saturated heterocycles. The number of carbonyl (C=O) groups is 1. The Morgan fingerprint density at radius 3 is 2.81 bits per heavy atom. The molecule has 2 rings (SSSR count). The van der Waals surface area contributed by atoms with E-state index in [1.165, 1.54) is 30.6 Å². The molecule has 8 heteroatoms. The highest BCUT2D eigenvalue weighted by Gasteiger charge is 2.09. The fourth-order valence-electron chi connectivity index (χ4n) is 1.53. The molecule has 0 saturated carbocycles. The monoisotopic (exact) mass is 304 g/mol. The average Bonchev–Trinajstić information content (AvgIpc) is 2.45. The molecule has 0 aliphatic heterocycles. The number of carbonyl (C=O) groups excluding carboxylic acids is 1. The van der Waals surface area contributed by atoms with E-state index in [0.29, 0.717) is 5.56 Å². The topological polar surface area (TPSA) is 98.0 Å². The number of aromatic nitrogens is 2. The van der Waals surface area contributed by atoms with Crippen molar-refractivity contribution in [3.8, 4) is 0 Å². The van der Waals surface area contributed by atoms with Crippen LogP contribution in [0.2, 0.25) is 5.15 Å². The molecule has 7 nitrogen and oxygen atoms in total. The summed E-state index contributed by atoms with van der Waals surface area (Å²) in [4.78, 5) is 29.5. The van der Waals surface area contributed by atoms with Crippen molar-refractivity contribution in [1.82, 2.24) is 9.97 Å². The number of nitro benzene ring substituents is 1. The second kappa shape index (κ2) is 6.58. The molecule has 0 radical (unpaired) electrons. The van der Waals surface area contributed by atoms with E-state index in [2.05, 4.69) is 15.3 Å². The van der Waals surface area contributed by atoms with Gasteiger partial charge < -0.3 is 5.32 Å². The molecule has 0 aliphatic carbocycles. The molecule has 21 heavy (non-hydrogen) atoms. The molecular formula is C13H9ClN4O3. The lowest BCUT2D eigenvalue weighted by molar-refractivity contribution is -0.385. The van der Waals surface area contributed by atoms with Gasteiger partial charge in [-0.05, 0) is 12.1 Å². The maximum atomic E-state index is 11.7. The molecule has 1 aromatic heterocycles. The standard InChI is InChI=1S/C13H9ClN4O3/c14-11-7-12(16-8-15-11)17-13(19)6-5-9-3-1-2-4-10(9)18(20)21/h1-8H,(H,15,16,17,19)/b6-5+. The van der Waals surface area contributed by atoms with E-state index in [0.717, 1.165) is 0 Å². The zero-order valence-electron chi connectivity index (χ0n) is 10.6. The summed E-state index contributed by atoms with van der Waals surface area (Å²) < 4.78 is 0. The van der Waals surface area contributed by atoms with E-state index in [1.807, 2.05) is 0 Å². The Morgan fingerprint density at radius 1 is 1.33 bits per heavy atom. The third-order valence-corrected chi connectivity index (χ3v) is 2.64. The van der Waals surface area contributed by atoms with Crippen LogP contribution in [0.3, 0.4) is 0 Å². The van der Waals surface area contributed by atoms with E-state index < -0.39 is 10.8 Å². The molecule has 1 amide bonds. The van der Waals surface area contributed by atoms with Crippen molar-refractivity contribution < 1.29 is 9.72 Å². The van der Waals surface area contributed by atoms with E-state index in [4.69, 9.17) is 11.6 Å². The Labute approximate surface area is 124 Å². The molecule has 0 spiro atoms. The van der Waals surface area contributed by atoms with Crippen LogP contribution in [0.1, 0.15) is 5.56 Å². The molecule has 1 N–H and O–H groups in total. The third-order valence-electron chi connectivity index (χ3n) is 2.43. The van der Waals surface area contributed by atoms with Crippen molar-refractivity contribution in [3.63, 3.8) is 0 Å². The molecule has 106 valence electrons. The first kappa shape index (κ1) is 14.6. The summed E-state index contributed by atoms with van der Waals surface area (Å²) in [6.45, 7) is 0. The summed E-state index contributed by atoms with van der Waals surface area (Å²) in [6, 6.07) is 7.50. The summed E-state index contributed by atoms with van der Waals surface area (Å²) >= 11 is 5.66. The van der Waals surface area contributed by atoms with Crippen LogP contribution in [0.5, 0.6) is 0 Å². The highest BCUT2D eigenvalue weighted by molar-refractivity contribution is 6.29. The first-order valence-corrected chi connectivity index (χ1v) is 6.14. The van der Waals surface area contributed by atoms with Crippen LogP contribution in [0.4, 0.5) is 11.5 Å². The highest BCUT2D eigenvalue weighted by atomic mass is 35.5. The zero-order valence-corrected chi connectivity index (χ0v) is 11.3. The van der Waals surface area contributed by atoms with E-state index in [-0.39, 0.29) is 16.7 Å². The fourth-order valence-corrected chi connectivity index (χ4v) is 1.68. The van der Waals surface area contributed by atoms with Crippen LogP contribution >= 0.6 is 11.6 Å². The average molecular weight is 305 g/mol. The molecule has 0 bridgehead atoms. The van der Waals surface area contributed by atoms with Gasteiger partial charge in [0.25, 0.3) is 5.69 Å². The van der Waals surface area contributed by atoms with Crippen LogP contribution in [-0.4, -0.2) is 20.8 Å². The van der Waals surface area contributed by atoms with Crippen LogP contribution in [-0.2, 0) is 4.79 Å². The lowest BCUT2D eigenvalue weighted by atomic mass is 10.1. The largest absolute Gasteiger partial charge is 0.307 e. The lowest BCUT2D eigenvalue weighted by Gasteiger charge is -2.00. The summed E-state index contributed by atoms with van der Waals surface area (Å²) in [7, 11) is 0. The van der Waals surface area contributed by atoms with Gasteiger partial charge in [-0.3, -0.25) is 14.9 Å². The predicted octanol–water partition coefficient (Wildman–Crippen LogP) is 2.69. The first-order valence-electron chi connectivity index (χ1n) is 5.76. The van der Waals surface area contributed by atoms with Gasteiger partial charge in [0.1, 0.15) is 17.3 Å². The number of nitrogens with zero attached hydrogens (tertiary/aromatic N) is 3. The van der Waals surface area contributed by atoms with E-state index in [1.54, 1.807) is 18.2 Å². The number of rotatable bonds is 4.